The van der Waals surface area contributed by atoms with Gasteiger partial charge in [-0.25, -0.2) is 0 Å². The van der Waals surface area contributed by atoms with Crippen LogP contribution < -0.4 is 0 Å². The highest BCUT2D eigenvalue weighted by molar-refractivity contribution is 7.86. The predicted octanol–water partition coefficient (Wildman–Crippen LogP) is 3.54. The first-order chi connectivity index (χ1) is 8.91. The highest BCUT2D eigenvalue weighted by Crippen LogP contribution is 2.37. The molecule has 0 saturated heterocycles. The van der Waals surface area contributed by atoms with Crippen molar-refractivity contribution >= 4 is 18.4 Å². The van der Waals surface area contributed by atoms with Crippen molar-refractivity contribution in [2.45, 2.75) is 70.7 Å². The molecule has 4 nitrogen and oxygen atoms in total. The summed E-state index contributed by atoms with van der Waals surface area (Å²) in [6.07, 6.45) is 4.62. The Morgan fingerprint density at radius 2 is 1.60 bits per heavy atom. The average Bonchev–Trinajstić information content (AvgIpc) is 2.24. The van der Waals surface area contributed by atoms with Crippen molar-refractivity contribution in [1.82, 2.24) is 0 Å². The van der Waals surface area contributed by atoms with Crippen molar-refractivity contribution in [2.24, 2.45) is 5.92 Å². The van der Waals surface area contributed by atoms with E-state index in [0.717, 1.165) is 38.5 Å². The Morgan fingerprint density at radius 1 is 1.10 bits per heavy atom. The maximum Gasteiger partial charge on any atom is 0.264 e. The molecular weight excluding hydrogens is 292 g/mol. The minimum absolute atomic E-state index is 0.130. The molecule has 1 saturated carbocycles. The zero-order valence-corrected chi connectivity index (χ0v) is 15.5. The van der Waals surface area contributed by atoms with E-state index < -0.39 is 18.4 Å². The second kappa shape index (κ2) is 6.46. The fourth-order valence-electron chi connectivity index (χ4n) is 2.18. The molecule has 0 radical (unpaired) electrons. The Bertz CT molecular complexity index is 403. The van der Waals surface area contributed by atoms with Gasteiger partial charge in [0.2, 0.25) is 0 Å². The van der Waals surface area contributed by atoms with Gasteiger partial charge in [0.25, 0.3) is 10.1 Å². The summed E-state index contributed by atoms with van der Waals surface area (Å²) in [5.74, 6) is 0.545. The standard InChI is InChI=1S/C14H30O4SSi/c1-14(2,3)20(5,6)17-11-12-7-9-13(10-8-12)18-19(4,15)16/h12-13H,7-11H2,1-6H3. The average molecular weight is 323 g/mol. The first-order valence-corrected chi connectivity index (χ1v) is 12.2. The summed E-state index contributed by atoms with van der Waals surface area (Å²) in [4.78, 5) is 0. The second-order valence-corrected chi connectivity index (χ2v) is 13.9. The maximum atomic E-state index is 11.1. The van der Waals surface area contributed by atoms with Crippen molar-refractivity contribution in [3.63, 3.8) is 0 Å². The smallest absolute Gasteiger partial charge is 0.264 e. The number of rotatable bonds is 5. The van der Waals surface area contributed by atoms with Crippen LogP contribution in [0.25, 0.3) is 0 Å². The van der Waals surface area contributed by atoms with Gasteiger partial charge in [0.1, 0.15) is 0 Å². The molecule has 1 aliphatic rings. The van der Waals surface area contributed by atoms with E-state index in [1.165, 1.54) is 0 Å². The van der Waals surface area contributed by atoms with Gasteiger partial charge in [-0.2, -0.15) is 8.42 Å². The summed E-state index contributed by atoms with van der Waals surface area (Å²) in [5.41, 5.74) is 0. The van der Waals surface area contributed by atoms with Crippen molar-refractivity contribution < 1.29 is 17.0 Å². The first kappa shape index (κ1) is 18.1. The van der Waals surface area contributed by atoms with E-state index in [-0.39, 0.29) is 11.1 Å². The molecule has 20 heavy (non-hydrogen) atoms. The van der Waals surface area contributed by atoms with Crippen LogP contribution in [0.1, 0.15) is 46.5 Å². The van der Waals surface area contributed by atoms with Gasteiger partial charge >= 0.3 is 0 Å². The van der Waals surface area contributed by atoms with E-state index in [2.05, 4.69) is 33.9 Å². The summed E-state index contributed by atoms with van der Waals surface area (Å²) in [7, 11) is -4.99. The highest BCUT2D eigenvalue weighted by atomic mass is 32.2. The van der Waals surface area contributed by atoms with Crippen LogP contribution in [-0.4, -0.2) is 35.7 Å². The lowest BCUT2D eigenvalue weighted by molar-refractivity contribution is 0.112. The lowest BCUT2D eigenvalue weighted by atomic mass is 9.88. The molecular formula is C14H30O4SSi. The highest BCUT2D eigenvalue weighted by Gasteiger charge is 2.38. The third kappa shape index (κ3) is 5.83. The fraction of sp³-hybridized carbons (Fsp3) is 1.00. The molecule has 6 heteroatoms. The lowest BCUT2D eigenvalue weighted by Gasteiger charge is -2.38. The zero-order chi connectivity index (χ0) is 15.6. The number of hydrogen-bond donors (Lipinski definition) is 0. The normalized spacial score (nSPS) is 25.7. The van der Waals surface area contributed by atoms with Crippen molar-refractivity contribution in [3.8, 4) is 0 Å². The molecule has 0 aromatic heterocycles. The van der Waals surface area contributed by atoms with Gasteiger partial charge in [0.15, 0.2) is 8.32 Å². The molecule has 1 fully saturated rings. The summed E-state index contributed by atoms with van der Waals surface area (Å²) >= 11 is 0. The van der Waals surface area contributed by atoms with Crippen LogP contribution in [0.3, 0.4) is 0 Å². The SMILES string of the molecule is CC(C)(C)[Si](C)(C)OCC1CCC(OS(C)(=O)=O)CC1. The third-order valence-corrected chi connectivity index (χ3v) is 9.71. The van der Waals surface area contributed by atoms with Gasteiger partial charge in [0.05, 0.1) is 12.4 Å². The third-order valence-electron chi connectivity index (χ3n) is 4.59. The van der Waals surface area contributed by atoms with Gasteiger partial charge in [-0.15, -0.1) is 0 Å². The van der Waals surface area contributed by atoms with Gasteiger partial charge in [-0.05, 0) is 49.7 Å². The van der Waals surface area contributed by atoms with Gasteiger partial charge in [0, 0.05) is 6.61 Å². The Morgan fingerprint density at radius 3 is 2.00 bits per heavy atom. The van der Waals surface area contributed by atoms with Crippen LogP contribution in [0.4, 0.5) is 0 Å². The Hall–Kier alpha value is 0.0869. The minimum Gasteiger partial charge on any atom is -0.417 e. The lowest BCUT2D eigenvalue weighted by Crippen LogP contribution is -2.42. The molecule has 0 heterocycles. The largest absolute Gasteiger partial charge is 0.417 e. The minimum atomic E-state index is -3.32. The first-order valence-electron chi connectivity index (χ1n) is 7.43. The van der Waals surface area contributed by atoms with Crippen LogP contribution >= 0.6 is 0 Å². The van der Waals surface area contributed by atoms with Crippen molar-refractivity contribution in [2.75, 3.05) is 12.9 Å². The molecule has 1 rings (SSSR count). The van der Waals surface area contributed by atoms with Gasteiger partial charge in [-0.3, -0.25) is 4.18 Å². The van der Waals surface area contributed by atoms with Crippen LogP contribution in [0, 0.1) is 5.92 Å². The van der Waals surface area contributed by atoms with Crippen molar-refractivity contribution in [3.05, 3.63) is 0 Å². The molecule has 0 atom stereocenters. The van der Waals surface area contributed by atoms with E-state index >= 15 is 0 Å². The summed E-state index contributed by atoms with van der Waals surface area (Å²) < 4.78 is 33.5. The van der Waals surface area contributed by atoms with Gasteiger partial charge in [-0.1, -0.05) is 20.8 Å². The predicted molar refractivity (Wildman–Crippen MR) is 84.8 cm³/mol. The number of hydrogen-bond acceptors (Lipinski definition) is 4. The van der Waals surface area contributed by atoms with E-state index in [1.54, 1.807) is 0 Å². The molecule has 0 bridgehead atoms. The van der Waals surface area contributed by atoms with E-state index in [0.29, 0.717) is 5.92 Å². The van der Waals surface area contributed by atoms with E-state index in [4.69, 9.17) is 8.61 Å². The van der Waals surface area contributed by atoms with Crippen molar-refractivity contribution in [1.29, 1.82) is 0 Å². The summed E-state index contributed by atoms with van der Waals surface area (Å²) in [6.45, 7) is 12.1. The van der Waals surface area contributed by atoms with Gasteiger partial charge < -0.3 is 4.43 Å². The molecule has 0 amide bonds. The van der Waals surface area contributed by atoms with E-state index in [1.807, 2.05) is 0 Å². The van der Waals surface area contributed by atoms with Crippen LogP contribution in [-0.2, 0) is 18.7 Å². The molecule has 120 valence electrons. The summed E-state index contributed by atoms with van der Waals surface area (Å²) in [6, 6.07) is 0. The quantitative estimate of drug-likeness (QED) is 0.574. The van der Waals surface area contributed by atoms with Crippen LogP contribution in [0.15, 0.2) is 0 Å². The molecule has 0 N–H and O–H groups in total. The monoisotopic (exact) mass is 322 g/mol. The van der Waals surface area contributed by atoms with Crippen LogP contribution in [0.2, 0.25) is 18.1 Å². The van der Waals surface area contributed by atoms with E-state index in [9.17, 15) is 8.42 Å². The Labute approximate surface area is 125 Å². The Kier molecular flexibility index (Phi) is 5.86. The topological polar surface area (TPSA) is 52.6 Å². The summed E-state index contributed by atoms with van der Waals surface area (Å²) in [5, 5.41) is 0.240. The van der Waals surface area contributed by atoms with Crippen LogP contribution in [0.5, 0.6) is 0 Å². The molecule has 0 unspecified atom stereocenters. The maximum absolute atomic E-state index is 11.1. The molecule has 0 spiro atoms. The molecule has 0 aromatic rings. The Balaban J connectivity index is 2.37. The molecule has 1 aliphatic carbocycles. The zero-order valence-electron chi connectivity index (χ0n) is 13.7. The fourth-order valence-corrected chi connectivity index (χ4v) is 3.96. The molecule has 0 aromatic carbocycles. The second-order valence-electron chi connectivity index (χ2n) is 7.51. The molecule has 0 aliphatic heterocycles.